The van der Waals surface area contributed by atoms with Crippen LogP contribution in [0.5, 0.6) is 5.75 Å². The van der Waals surface area contributed by atoms with Crippen molar-refractivity contribution in [1.82, 2.24) is 5.32 Å². The number of rotatable bonds is 4. The number of phenols is 1. The highest BCUT2D eigenvalue weighted by molar-refractivity contribution is 5.73. The summed E-state index contributed by atoms with van der Waals surface area (Å²) in [5, 5.41) is 12.1. The third-order valence-corrected chi connectivity index (χ3v) is 2.56. The number of amides is 1. The van der Waals surface area contributed by atoms with E-state index in [9.17, 15) is 14.7 Å². The molecule has 0 aromatic heterocycles. The number of benzene rings is 1. The smallest absolute Gasteiger partial charge is 0.408 e. The molecule has 1 amide bonds. The van der Waals surface area contributed by atoms with Crippen LogP contribution in [0.4, 0.5) is 4.79 Å². The number of hydrogen-bond donors (Lipinski definition) is 2. The molecular weight excluding hydrogens is 274 g/mol. The molecule has 1 rings (SSSR count). The van der Waals surface area contributed by atoms with Gasteiger partial charge < -0.3 is 19.9 Å². The van der Waals surface area contributed by atoms with Gasteiger partial charge in [0.2, 0.25) is 0 Å². The van der Waals surface area contributed by atoms with Gasteiger partial charge in [0, 0.05) is 0 Å². The third kappa shape index (κ3) is 6.16. The second kappa shape index (κ2) is 6.97. The fourth-order valence-electron chi connectivity index (χ4n) is 1.69. The topological polar surface area (TPSA) is 84.9 Å². The first-order chi connectivity index (χ1) is 9.71. The molecule has 0 radical (unpaired) electrons. The summed E-state index contributed by atoms with van der Waals surface area (Å²) in [6, 6.07) is 5.67. The van der Waals surface area contributed by atoms with Crippen LogP contribution in [0.3, 0.4) is 0 Å². The van der Waals surface area contributed by atoms with Crippen LogP contribution in [0, 0.1) is 0 Å². The van der Waals surface area contributed by atoms with Crippen molar-refractivity contribution in [2.75, 3.05) is 7.11 Å². The fraction of sp³-hybridized carbons (Fsp3) is 0.467. The summed E-state index contributed by atoms with van der Waals surface area (Å²) in [5.74, 6) is -0.423. The van der Waals surface area contributed by atoms with E-state index in [1.54, 1.807) is 32.9 Å². The molecule has 0 aliphatic heterocycles. The van der Waals surface area contributed by atoms with Crippen LogP contribution >= 0.6 is 0 Å². The van der Waals surface area contributed by atoms with E-state index in [1.807, 2.05) is 0 Å². The number of esters is 1. The molecule has 0 aliphatic carbocycles. The van der Waals surface area contributed by atoms with E-state index in [2.05, 4.69) is 10.1 Å². The number of nitrogens with one attached hydrogen (secondary N) is 1. The lowest BCUT2D eigenvalue weighted by molar-refractivity contribution is -0.141. The van der Waals surface area contributed by atoms with Gasteiger partial charge in [-0.25, -0.2) is 4.79 Å². The van der Waals surface area contributed by atoms with Crippen molar-refractivity contribution in [1.29, 1.82) is 0 Å². The predicted octanol–water partition coefficient (Wildman–Crippen LogP) is 2.52. The average molecular weight is 295 g/mol. The van der Waals surface area contributed by atoms with E-state index in [0.717, 1.165) is 0 Å². The van der Waals surface area contributed by atoms with Gasteiger partial charge in [-0.15, -0.1) is 0 Å². The average Bonchev–Trinajstić information content (AvgIpc) is 2.35. The fourth-order valence-corrected chi connectivity index (χ4v) is 1.69. The Morgan fingerprint density at radius 3 is 2.52 bits per heavy atom. The number of ether oxygens (including phenoxy) is 2. The molecule has 0 aliphatic rings. The molecule has 1 aromatic rings. The summed E-state index contributed by atoms with van der Waals surface area (Å²) in [6.45, 7) is 5.24. The van der Waals surface area contributed by atoms with E-state index >= 15 is 0 Å². The number of methoxy groups -OCH3 is 1. The van der Waals surface area contributed by atoms with Crippen molar-refractivity contribution in [3.05, 3.63) is 29.8 Å². The van der Waals surface area contributed by atoms with Crippen molar-refractivity contribution < 1.29 is 24.2 Å². The predicted molar refractivity (Wildman–Crippen MR) is 76.9 cm³/mol. The summed E-state index contributed by atoms with van der Waals surface area (Å²) < 4.78 is 9.79. The van der Waals surface area contributed by atoms with Crippen LogP contribution in [0.2, 0.25) is 0 Å². The molecule has 21 heavy (non-hydrogen) atoms. The van der Waals surface area contributed by atoms with Crippen LogP contribution in [0.15, 0.2) is 24.3 Å². The minimum absolute atomic E-state index is 0.0494. The highest BCUT2D eigenvalue weighted by Gasteiger charge is 2.23. The summed E-state index contributed by atoms with van der Waals surface area (Å²) in [6.07, 6.45) is -0.695. The molecule has 116 valence electrons. The number of carbonyl (C=O) groups excluding carboxylic acids is 2. The summed E-state index contributed by atoms with van der Waals surface area (Å²) in [5.41, 5.74) is -0.0510. The molecule has 0 saturated carbocycles. The second-order valence-electron chi connectivity index (χ2n) is 5.57. The Bertz CT molecular complexity index is 507. The molecule has 6 heteroatoms. The normalized spacial score (nSPS) is 12.4. The number of aromatic hydroxyl groups is 1. The van der Waals surface area contributed by atoms with Crippen LogP contribution in [0.25, 0.3) is 0 Å². The molecule has 2 N–H and O–H groups in total. The number of hydrogen-bond acceptors (Lipinski definition) is 5. The molecule has 0 unspecified atom stereocenters. The van der Waals surface area contributed by atoms with Gasteiger partial charge in [-0.3, -0.25) is 4.79 Å². The third-order valence-electron chi connectivity index (χ3n) is 2.56. The maximum atomic E-state index is 11.8. The quantitative estimate of drug-likeness (QED) is 0.834. The maximum absolute atomic E-state index is 11.8. The summed E-state index contributed by atoms with van der Waals surface area (Å²) in [7, 11) is 1.27. The number of phenolic OH excluding ortho intramolecular Hbond substituents is 1. The molecule has 6 nitrogen and oxygen atoms in total. The number of carbonyl (C=O) groups is 2. The lowest BCUT2D eigenvalue weighted by Gasteiger charge is -2.23. The van der Waals surface area contributed by atoms with Gasteiger partial charge in [-0.2, -0.15) is 0 Å². The van der Waals surface area contributed by atoms with Gasteiger partial charge in [0.05, 0.1) is 19.6 Å². The van der Waals surface area contributed by atoms with Crippen LogP contribution in [0.1, 0.15) is 38.8 Å². The molecule has 0 heterocycles. The van der Waals surface area contributed by atoms with Gasteiger partial charge in [-0.1, -0.05) is 12.1 Å². The molecule has 0 saturated heterocycles. The van der Waals surface area contributed by atoms with E-state index in [-0.39, 0.29) is 12.2 Å². The van der Waals surface area contributed by atoms with Gasteiger partial charge in [-0.05, 0) is 38.5 Å². The first kappa shape index (κ1) is 16.8. The van der Waals surface area contributed by atoms with Gasteiger partial charge in [0.25, 0.3) is 0 Å². The van der Waals surface area contributed by atoms with Crippen molar-refractivity contribution >= 4 is 12.1 Å². The highest BCUT2D eigenvalue weighted by Crippen LogP contribution is 2.22. The first-order valence-electron chi connectivity index (χ1n) is 6.56. The molecule has 0 fully saturated rings. The lowest BCUT2D eigenvalue weighted by atomic mass is 10.0. The van der Waals surface area contributed by atoms with Gasteiger partial charge in [0.1, 0.15) is 11.4 Å². The monoisotopic (exact) mass is 295 g/mol. The Kier molecular flexibility index (Phi) is 5.58. The zero-order valence-corrected chi connectivity index (χ0v) is 12.7. The van der Waals surface area contributed by atoms with Crippen molar-refractivity contribution in [3.63, 3.8) is 0 Å². The van der Waals surface area contributed by atoms with E-state index in [4.69, 9.17) is 4.74 Å². The molecule has 0 bridgehead atoms. The second-order valence-corrected chi connectivity index (χ2v) is 5.57. The van der Waals surface area contributed by atoms with Crippen LogP contribution < -0.4 is 5.32 Å². The zero-order chi connectivity index (χ0) is 16.0. The molecule has 1 atom stereocenters. The van der Waals surface area contributed by atoms with Crippen LogP contribution in [-0.2, 0) is 14.3 Å². The highest BCUT2D eigenvalue weighted by atomic mass is 16.6. The summed E-state index contributed by atoms with van der Waals surface area (Å²) in [4.78, 5) is 23.3. The van der Waals surface area contributed by atoms with Crippen LogP contribution in [-0.4, -0.2) is 29.9 Å². The molecule has 1 aromatic carbocycles. The summed E-state index contributed by atoms with van der Waals surface area (Å²) >= 11 is 0. The minimum atomic E-state index is -0.640. The van der Waals surface area contributed by atoms with Crippen molar-refractivity contribution in [2.24, 2.45) is 0 Å². The first-order valence-corrected chi connectivity index (χ1v) is 6.56. The Labute approximate surface area is 124 Å². The van der Waals surface area contributed by atoms with Gasteiger partial charge in [0.15, 0.2) is 0 Å². The Morgan fingerprint density at radius 2 is 2.00 bits per heavy atom. The standard InChI is InChI=1S/C15H21NO5/c1-15(2,3)21-14(19)16-12(9-13(18)20-4)10-6-5-7-11(17)8-10/h5-8,12,17H,9H2,1-4H3,(H,16,19)/t12-/m1/s1. The van der Waals surface area contributed by atoms with Gasteiger partial charge >= 0.3 is 12.1 Å². The lowest BCUT2D eigenvalue weighted by Crippen LogP contribution is -2.35. The number of alkyl carbamates (subject to hydrolysis) is 1. The Balaban J connectivity index is 2.87. The molecule has 0 spiro atoms. The Morgan fingerprint density at radius 1 is 1.33 bits per heavy atom. The van der Waals surface area contributed by atoms with E-state index < -0.39 is 23.7 Å². The zero-order valence-electron chi connectivity index (χ0n) is 12.7. The van der Waals surface area contributed by atoms with Crippen molar-refractivity contribution in [3.8, 4) is 5.75 Å². The van der Waals surface area contributed by atoms with E-state index in [0.29, 0.717) is 5.56 Å². The Hall–Kier alpha value is -2.24. The largest absolute Gasteiger partial charge is 0.508 e. The van der Waals surface area contributed by atoms with Crippen molar-refractivity contribution in [2.45, 2.75) is 38.8 Å². The molecular formula is C15H21NO5. The minimum Gasteiger partial charge on any atom is -0.508 e. The maximum Gasteiger partial charge on any atom is 0.408 e. The SMILES string of the molecule is COC(=O)C[C@@H](NC(=O)OC(C)(C)C)c1cccc(O)c1. The van der Waals surface area contributed by atoms with E-state index in [1.165, 1.54) is 19.2 Å².